The van der Waals surface area contributed by atoms with Gasteiger partial charge in [0.2, 0.25) is 0 Å². The molecule has 1 aliphatic rings. The molecule has 1 fully saturated rings. The van der Waals surface area contributed by atoms with Crippen LogP contribution in [0.25, 0.3) is 0 Å². The molecule has 0 aliphatic carbocycles. The predicted octanol–water partition coefficient (Wildman–Crippen LogP) is 3.83. The van der Waals surface area contributed by atoms with Gasteiger partial charge in [0.05, 0.1) is 0 Å². The molecule has 0 aromatic heterocycles. The van der Waals surface area contributed by atoms with E-state index in [-0.39, 0.29) is 5.56 Å². The van der Waals surface area contributed by atoms with Gasteiger partial charge in [-0.05, 0) is 43.4 Å². The summed E-state index contributed by atoms with van der Waals surface area (Å²) in [6.07, 6.45) is 2.35. The van der Waals surface area contributed by atoms with Gasteiger partial charge >= 0.3 is 0 Å². The Kier molecular flexibility index (Phi) is 4.33. The first-order chi connectivity index (χ1) is 8.58. The Labute approximate surface area is 108 Å². The second-order valence-corrected chi connectivity index (χ2v) is 5.58. The van der Waals surface area contributed by atoms with Crippen LogP contribution in [0, 0.1) is 23.5 Å². The predicted molar refractivity (Wildman–Crippen MR) is 69.2 cm³/mol. The minimum Gasteiger partial charge on any atom is -0.299 e. The Morgan fingerprint density at radius 3 is 2.56 bits per heavy atom. The summed E-state index contributed by atoms with van der Waals surface area (Å²) in [5.74, 6) is 0.426. The van der Waals surface area contributed by atoms with Gasteiger partial charge in [-0.3, -0.25) is 4.90 Å². The van der Waals surface area contributed by atoms with E-state index in [4.69, 9.17) is 0 Å². The second-order valence-electron chi connectivity index (χ2n) is 5.58. The van der Waals surface area contributed by atoms with Gasteiger partial charge in [0.25, 0.3) is 0 Å². The molecule has 1 aliphatic heterocycles. The largest absolute Gasteiger partial charge is 0.299 e. The molecule has 1 nitrogen and oxygen atoms in total. The number of nitrogens with zero attached hydrogens (tertiary/aromatic N) is 1. The van der Waals surface area contributed by atoms with E-state index in [1.54, 1.807) is 0 Å². The molecule has 1 unspecified atom stereocenters. The molecule has 0 radical (unpaired) electrons. The second kappa shape index (κ2) is 5.79. The number of piperidine rings is 1. The van der Waals surface area contributed by atoms with Gasteiger partial charge in [-0.15, -0.1) is 0 Å². The Morgan fingerprint density at radius 2 is 1.94 bits per heavy atom. The van der Waals surface area contributed by atoms with Gasteiger partial charge in [-0.1, -0.05) is 19.9 Å². The van der Waals surface area contributed by atoms with Crippen molar-refractivity contribution in [3.63, 3.8) is 0 Å². The van der Waals surface area contributed by atoms with Crippen LogP contribution in [-0.4, -0.2) is 18.0 Å². The smallest absolute Gasteiger partial charge is 0.130 e. The van der Waals surface area contributed by atoms with E-state index >= 15 is 0 Å². The molecule has 1 aromatic carbocycles. The molecule has 0 spiro atoms. The monoisotopic (exact) mass is 253 g/mol. The van der Waals surface area contributed by atoms with Crippen molar-refractivity contribution >= 4 is 0 Å². The molecule has 18 heavy (non-hydrogen) atoms. The van der Waals surface area contributed by atoms with Crippen LogP contribution >= 0.6 is 0 Å². The van der Waals surface area contributed by atoms with Gasteiger partial charge in [0.15, 0.2) is 0 Å². The van der Waals surface area contributed by atoms with E-state index in [2.05, 4.69) is 18.7 Å². The van der Waals surface area contributed by atoms with Crippen molar-refractivity contribution in [1.29, 1.82) is 0 Å². The average molecular weight is 253 g/mol. The molecule has 1 heterocycles. The summed E-state index contributed by atoms with van der Waals surface area (Å²) in [5, 5.41) is 0. The highest BCUT2D eigenvalue weighted by molar-refractivity contribution is 5.19. The first kappa shape index (κ1) is 13.5. The average Bonchev–Trinajstić information content (AvgIpc) is 2.34. The zero-order valence-corrected chi connectivity index (χ0v) is 11.1. The SMILES string of the molecule is CC(C)C1CCCN(Cc2c(F)cccc2F)C1. The third kappa shape index (κ3) is 3.08. The number of halogens is 2. The summed E-state index contributed by atoms with van der Waals surface area (Å²) in [4.78, 5) is 2.18. The maximum Gasteiger partial charge on any atom is 0.130 e. The molecule has 1 saturated heterocycles. The van der Waals surface area contributed by atoms with Crippen LogP contribution < -0.4 is 0 Å². The van der Waals surface area contributed by atoms with Crippen molar-refractivity contribution in [3.05, 3.63) is 35.4 Å². The molecule has 1 aromatic rings. The van der Waals surface area contributed by atoms with Gasteiger partial charge < -0.3 is 0 Å². The maximum atomic E-state index is 13.6. The molecule has 0 bridgehead atoms. The molecule has 0 amide bonds. The lowest BCUT2D eigenvalue weighted by atomic mass is 9.88. The summed E-state index contributed by atoms with van der Waals surface area (Å²) in [7, 11) is 0. The van der Waals surface area contributed by atoms with E-state index < -0.39 is 11.6 Å². The summed E-state index contributed by atoms with van der Waals surface area (Å²) in [6.45, 7) is 6.72. The van der Waals surface area contributed by atoms with E-state index in [9.17, 15) is 8.78 Å². The molecule has 0 N–H and O–H groups in total. The highest BCUT2D eigenvalue weighted by Crippen LogP contribution is 2.25. The topological polar surface area (TPSA) is 3.24 Å². The lowest BCUT2D eigenvalue weighted by Crippen LogP contribution is -2.37. The standard InChI is InChI=1S/C15H21F2N/c1-11(2)12-5-4-8-18(9-12)10-13-14(16)6-3-7-15(13)17/h3,6-7,11-12H,4-5,8-10H2,1-2H3. The third-order valence-corrected chi connectivity index (χ3v) is 3.93. The van der Waals surface area contributed by atoms with Gasteiger partial charge in [0.1, 0.15) is 11.6 Å². The molecule has 2 rings (SSSR count). The first-order valence-corrected chi connectivity index (χ1v) is 6.73. The van der Waals surface area contributed by atoms with Crippen LogP contribution in [-0.2, 0) is 6.54 Å². The fourth-order valence-electron chi connectivity index (χ4n) is 2.69. The summed E-state index contributed by atoms with van der Waals surface area (Å²) < 4.78 is 27.2. The lowest BCUT2D eigenvalue weighted by Gasteiger charge is -2.34. The molecular weight excluding hydrogens is 232 g/mol. The Balaban J connectivity index is 2.05. The highest BCUT2D eigenvalue weighted by Gasteiger charge is 2.23. The molecule has 3 heteroatoms. The maximum absolute atomic E-state index is 13.6. The van der Waals surface area contributed by atoms with Crippen LogP contribution in [0.15, 0.2) is 18.2 Å². The molecule has 0 saturated carbocycles. The van der Waals surface area contributed by atoms with Crippen molar-refractivity contribution in [2.24, 2.45) is 11.8 Å². The molecular formula is C15H21F2N. The lowest BCUT2D eigenvalue weighted by molar-refractivity contribution is 0.136. The fourth-order valence-corrected chi connectivity index (χ4v) is 2.69. The number of hydrogen-bond donors (Lipinski definition) is 0. The van der Waals surface area contributed by atoms with Crippen LogP contribution in [0.3, 0.4) is 0 Å². The van der Waals surface area contributed by atoms with E-state index in [1.807, 2.05) is 0 Å². The van der Waals surface area contributed by atoms with Crippen molar-refractivity contribution in [2.45, 2.75) is 33.2 Å². The van der Waals surface area contributed by atoms with Gasteiger partial charge in [0, 0.05) is 18.7 Å². The normalized spacial score (nSPS) is 21.5. The van der Waals surface area contributed by atoms with Crippen LogP contribution in [0.1, 0.15) is 32.3 Å². The van der Waals surface area contributed by atoms with Crippen molar-refractivity contribution in [1.82, 2.24) is 4.90 Å². The first-order valence-electron chi connectivity index (χ1n) is 6.73. The Hall–Kier alpha value is -0.960. The number of benzene rings is 1. The minimum absolute atomic E-state index is 0.210. The molecule has 100 valence electrons. The Morgan fingerprint density at radius 1 is 1.28 bits per heavy atom. The number of rotatable bonds is 3. The van der Waals surface area contributed by atoms with Crippen LogP contribution in [0.2, 0.25) is 0 Å². The number of hydrogen-bond acceptors (Lipinski definition) is 1. The summed E-state index contributed by atoms with van der Waals surface area (Å²) in [5.41, 5.74) is 0.210. The highest BCUT2D eigenvalue weighted by atomic mass is 19.1. The van der Waals surface area contributed by atoms with Gasteiger partial charge in [-0.2, -0.15) is 0 Å². The van der Waals surface area contributed by atoms with Gasteiger partial charge in [-0.25, -0.2) is 8.78 Å². The summed E-state index contributed by atoms with van der Waals surface area (Å²) in [6, 6.07) is 4.09. The van der Waals surface area contributed by atoms with Crippen molar-refractivity contribution in [3.8, 4) is 0 Å². The van der Waals surface area contributed by atoms with Crippen molar-refractivity contribution < 1.29 is 8.78 Å². The number of likely N-dealkylation sites (tertiary alicyclic amines) is 1. The van der Waals surface area contributed by atoms with E-state index in [1.165, 1.54) is 24.6 Å². The third-order valence-electron chi connectivity index (χ3n) is 3.93. The molecule has 1 atom stereocenters. The van der Waals surface area contributed by atoms with Crippen LogP contribution in [0.5, 0.6) is 0 Å². The zero-order valence-electron chi connectivity index (χ0n) is 11.1. The zero-order chi connectivity index (χ0) is 13.1. The van der Waals surface area contributed by atoms with Crippen molar-refractivity contribution in [2.75, 3.05) is 13.1 Å². The summed E-state index contributed by atoms with van der Waals surface area (Å²) >= 11 is 0. The quantitative estimate of drug-likeness (QED) is 0.791. The minimum atomic E-state index is -0.429. The van der Waals surface area contributed by atoms with Crippen LogP contribution in [0.4, 0.5) is 8.78 Å². The fraction of sp³-hybridized carbons (Fsp3) is 0.600. The Bertz CT molecular complexity index is 383. The van der Waals surface area contributed by atoms with E-state index in [0.29, 0.717) is 18.4 Å². The van der Waals surface area contributed by atoms with E-state index in [0.717, 1.165) is 19.5 Å².